The summed E-state index contributed by atoms with van der Waals surface area (Å²) in [6, 6.07) is 5.62. The van der Waals surface area contributed by atoms with Crippen LogP contribution in [-0.4, -0.2) is 53.7 Å². The van der Waals surface area contributed by atoms with Crippen molar-refractivity contribution in [2.75, 3.05) is 26.8 Å². The molecule has 1 aromatic heterocycles. The molecule has 0 atom stereocenters. The summed E-state index contributed by atoms with van der Waals surface area (Å²) < 4.78 is 18.0. The summed E-state index contributed by atoms with van der Waals surface area (Å²) in [7, 11) is 1.47. The first-order valence-electron chi connectivity index (χ1n) is 6.29. The van der Waals surface area contributed by atoms with Gasteiger partial charge in [0.2, 0.25) is 0 Å². The number of hydrogen-bond acceptors (Lipinski definition) is 3. The molecule has 0 unspecified atom stereocenters. The van der Waals surface area contributed by atoms with Crippen LogP contribution in [0.25, 0.3) is 10.9 Å². The minimum atomic E-state index is -1.11. The van der Waals surface area contributed by atoms with Gasteiger partial charge in [0.25, 0.3) is 5.91 Å². The third-order valence-corrected chi connectivity index (χ3v) is 2.99. The fourth-order valence-electron chi connectivity index (χ4n) is 2.01. The van der Waals surface area contributed by atoms with Gasteiger partial charge >= 0.3 is 5.97 Å². The molecular formula is C14H15FN2O4. The molecule has 0 aliphatic heterocycles. The fraction of sp³-hybridized carbons (Fsp3) is 0.286. The Kier molecular flexibility index (Phi) is 4.54. The smallest absolute Gasteiger partial charge is 0.323 e. The number of carbonyl (C=O) groups excluding carboxylic acids is 1. The second-order valence-corrected chi connectivity index (χ2v) is 4.53. The number of aromatic amines is 1. The number of carboxylic acid groups (broad SMARTS) is 1. The molecule has 2 aromatic rings. The standard InChI is InChI=1S/C14H15FN2O4/c1-21-5-4-17(8-13(18)19)14(20)12-7-9-6-10(15)2-3-11(9)16-12/h2-3,6-7,16H,4-5,8H2,1H3,(H,18,19). The van der Waals surface area contributed by atoms with E-state index in [4.69, 9.17) is 9.84 Å². The minimum absolute atomic E-state index is 0.158. The molecule has 1 aromatic carbocycles. The van der Waals surface area contributed by atoms with Crippen LogP contribution in [0.3, 0.4) is 0 Å². The van der Waals surface area contributed by atoms with E-state index in [2.05, 4.69) is 4.98 Å². The van der Waals surface area contributed by atoms with Crippen molar-refractivity contribution in [3.63, 3.8) is 0 Å². The molecule has 2 rings (SSSR count). The van der Waals surface area contributed by atoms with Gasteiger partial charge in [-0.15, -0.1) is 0 Å². The minimum Gasteiger partial charge on any atom is -0.480 e. The molecule has 0 saturated carbocycles. The summed E-state index contributed by atoms with van der Waals surface area (Å²) in [6.45, 7) is -0.0366. The summed E-state index contributed by atoms with van der Waals surface area (Å²) in [4.78, 5) is 27.2. The lowest BCUT2D eigenvalue weighted by atomic mass is 10.2. The van der Waals surface area contributed by atoms with Gasteiger partial charge in [-0.1, -0.05) is 0 Å². The van der Waals surface area contributed by atoms with Crippen molar-refractivity contribution in [3.05, 3.63) is 35.8 Å². The number of carbonyl (C=O) groups is 2. The number of carboxylic acids is 1. The second-order valence-electron chi connectivity index (χ2n) is 4.53. The molecule has 0 bridgehead atoms. The van der Waals surface area contributed by atoms with Gasteiger partial charge in [0, 0.05) is 24.6 Å². The van der Waals surface area contributed by atoms with Crippen molar-refractivity contribution < 1.29 is 23.8 Å². The highest BCUT2D eigenvalue weighted by atomic mass is 19.1. The van der Waals surface area contributed by atoms with Crippen molar-refractivity contribution in [2.45, 2.75) is 0 Å². The summed E-state index contributed by atoms with van der Waals surface area (Å²) in [6.07, 6.45) is 0. The number of aromatic nitrogens is 1. The number of hydrogen-bond donors (Lipinski definition) is 2. The number of nitrogens with zero attached hydrogens (tertiary/aromatic N) is 1. The summed E-state index contributed by atoms with van der Waals surface area (Å²) in [5.74, 6) is -1.98. The van der Waals surface area contributed by atoms with Gasteiger partial charge in [-0.3, -0.25) is 9.59 Å². The van der Waals surface area contributed by atoms with Crippen LogP contribution in [0.2, 0.25) is 0 Å². The average Bonchev–Trinajstić information content (AvgIpc) is 2.85. The van der Waals surface area contributed by atoms with Gasteiger partial charge in [0.05, 0.1) is 6.61 Å². The SMILES string of the molecule is COCCN(CC(=O)O)C(=O)c1cc2cc(F)ccc2[nH]1. The number of benzene rings is 1. The van der Waals surface area contributed by atoms with Gasteiger partial charge in [0.1, 0.15) is 18.1 Å². The van der Waals surface area contributed by atoms with Gasteiger partial charge in [-0.2, -0.15) is 0 Å². The van der Waals surface area contributed by atoms with E-state index in [0.717, 1.165) is 4.90 Å². The molecule has 0 spiro atoms. The zero-order valence-electron chi connectivity index (χ0n) is 11.4. The van der Waals surface area contributed by atoms with Crippen LogP contribution in [0, 0.1) is 5.82 Å². The maximum absolute atomic E-state index is 13.1. The lowest BCUT2D eigenvalue weighted by Crippen LogP contribution is -2.38. The molecule has 1 amide bonds. The highest BCUT2D eigenvalue weighted by molar-refractivity contribution is 5.99. The van der Waals surface area contributed by atoms with Crippen LogP contribution in [-0.2, 0) is 9.53 Å². The first kappa shape index (κ1) is 15.0. The highest BCUT2D eigenvalue weighted by Crippen LogP contribution is 2.17. The number of methoxy groups -OCH3 is 1. The third-order valence-electron chi connectivity index (χ3n) is 2.99. The Morgan fingerprint density at radius 1 is 1.38 bits per heavy atom. The van der Waals surface area contributed by atoms with Crippen LogP contribution >= 0.6 is 0 Å². The maximum atomic E-state index is 13.1. The molecule has 0 aliphatic rings. The van der Waals surface area contributed by atoms with Gasteiger partial charge in [0.15, 0.2) is 0 Å². The number of halogens is 1. The number of nitrogens with one attached hydrogen (secondary N) is 1. The number of rotatable bonds is 6. The van der Waals surface area contributed by atoms with Crippen LogP contribution < -0.4 is 0 Å². The number of fused-ring (bicyclic) bond motifs is 1. The van der Waals surface area contributed by atoms with Gasteiger partial charge < -0.3 is 19.7 Å². The van der Waals surface area contributed by atoms with E-state index in [0.29, 0.717) is 10.9 Å². The molecule has 1 heterocycles. The predicted molar refractivity (Wildman–Crippen MR) is 73.7 cm³/mol. The number of amides is 1. The van der Waals surface area contributed by atoms with Gasteiger partial charge in [-0.05, 0) is 24.3 Å². The Labute approximate surface area is 120 Å². The molecule has 0 fully saturated rings. The molecule has 0 saturated heterocycles. The van der Waals surface area contributed by atoms with E-state index in [1.54, 1.807) is 0 Å². The Balaban J connectivity index is 2.26. The first-order chi connectivity index (χ1) is 10.0. The summed E-state index contributed by atoms with van der Waals surface area (Å²) in [5, 5.41) is 9.42. The van der Waals surface area contributed by atoms with Crippen molar-refractivity contribution in [1.29, 1.82) is 0 Å². The van der Waals surface area contributed by atoms with E-state index < -0.39 is 24.2 Å². The molecule has 7 heteroatoms. The van der Waals surface area contributed by atoms with Crippen LogP contribution in [0.4, 0.5) is 4.39 Å². The number of ether oxygens (including phenoxy) is 1. The topological polar surface area (TPSA) is 82.6 Å². The van der Waals surface area contributed by atoms with Crippen molar-refractivity contribution in [2.24, 2.45) is 0 Å². The lowest BCUT2D eigenvalue weighted by Gasteiger charge is -2.19. The molecule has 0 radical (unpaired) electrons. The number of aliphatic carboxylic acids is 1. The quantitative estimate of drug-likeness (QED) is 0.845. The average molecular weight is 294 g/mol. The van der Waals surface area contributed by atoms with E-state index in [9.17, 15) is 14.0 Å². The molecule has 112 valence electrons. The highest BCUT2D eigenvalue weighted by Gasteiger charge is 2.20. The third kappa shape index (κ3) is 3.57. The van der Waals surface area contributed by atoms with Gasteiger partial charge in [-0.25, -0.2) is 4.39 Å². The van der Waals surface area contributed by atoms with Crippen LogP contribution in [0.15, 0.2) is 24.3 Å². The summed E-state index contributed by atoms with van der Waals surface area (Å²) in [5.41, 5.74) is 0.828. The molecule has 21 heavy (non-hydrogen) atoms. The Bertz CT molecular complexity index is 668. The summed E-state index contributed by atoms with van der Waals surface area (Å²) >= 11 is 0. The molecule has 0 aliphatic carbocycles. The zero-order chi connectivity index (χ0) is 15.4. The van der Waals surface area contributed by atoms with Crippen LogP contribution in [0.5, 0.6) is 0 Å². The van der Waals surface area contributed by atoms with Crippen molar-refractivity contribution >= 4 is 22.8 Å². The first-order valence-corrected chi connectivity index (χ1v) is 6.29. The zero-order valence-corrected chi connectivity index (χ0v) is 11.4. The van der Waals surface area contributed by atoms with E-state index >= 15 is 0 Å². The molecule has 2 N–H and O–H groups in total. The Hall–Kier alpha value is -2.41. The van der Waals surface area contributed by atoms with E-state index in [1.165, 1.54) is 31.4 Å². The number of H-pyrrole nitrogens is 1. The van der Waals surface area contributed by atoms with Crippen molar-refractivity contribution in [3.8, 4) is 0 Å². The van der Waals surface area contributed by atoms with E-state index in [-0.39, 0.29) is 18.8 Å². The Morgan fingerprint density at radius 3 is 2.81 bits per heavy atom. The maximum Gasteiger partial charge on any atom is 0.323 e. The monoisotopic (exact) mass is 294 g/mol. The molecular weight excluding hydrogens is 279 g/mol. The molecule has 6 nitrogen and oxygen atoms in total. The van der Waals surface area contributed by atoms with Crippen molar-refractivity contribution in [1.82, 2.24) is 9.88 Å². The second kappa shape index (κ2) is 6.36. The largest absolute Gasteiger partial charge is 0.480 e. The fourth-order valence-corrected chi connectivity index (χ4v) is 2.01. The predicted octanol–water partition coefficient (Wildman–Crippen LogP) is 1.48. The van der Waals surface area contributed by atoms with E-state index in [1.807, 2.05) is 0 Å². The normalized spacial score (nSPS) is 10.8. The lowest BCUT2D eigenvalue weighted by molar-refractivity contribution is -0.137. The Morgan fingerprint density at radius 2 is 2.14 bits per heavy atom. The van der Waals surface area contributed by atoms with Crippen LogP contribution in [0.1, 0.15) is 10.5 Å².